The minimum Gasteiger partial charge on any atom is -0.481 e. The van der Waals surface area contributed by atoms with Crippen LogP contribution in [0.1, 0.15) is 52.4 Å². The van der Waals surface area contributed by atoms with E-state index in [2.05, 4.69) is 6.92 Å². The van der Waals surface area contributed by atoms with Crippen LogP contribution in [0.3, 0.4) is 0 Å². The highest BCUT2D eigenvalue weighted by Gasteiger charge is 2.24. The van der Waals surface area contributed by atoms with Crippen molar-refractivity contribution in [3.8, 4) is 0 Å². The minimum absolute atomic E-state index is 0.000378. The number of carboxylic acid groups (broad SMARTS) is 2. The zero-order chi connectivity index (χ0) is 14.0. The van der Waals surface area contributed by atoms with Gasteiger partial charge in [0.1, 0.15) is 6.04 Å². The van der Waals surface area contributed by atoms with Crippen molar-refractivity contribution < 1.29 is 19.8 Å². The second-order valence-electron chi connectivity index (χ2n) is 4.53. The summed E-state index contributed by atoms with van der Waals surface area (Å²) in [4.78, 5) is 23.6. The molecular weight excluding hydrogens is 234 g/mol. The molecule has 5 heteroatoms. The van der Waals surface area contributed by atoms with Crippen LogP contribution in [0, 0.1) is 0 Å². The first kappa shape index (κ1) is 16.9. The van der Waals surface area contributed by atoms with E-state index in [-0.39, 0.29) is 6.42 Å². The third-order valence-electron chi connectivity index (χ3n) is 2.95. The van der Waals surface area contributed by atoms with Crippen molar-refractivity contribution in [3.05, 3.63) is 0 Å². The normalized spacial score (nSPS) is 12.6. The molecule has 1 atom stereocenters. The predicted molar refractivity (Wildman–Crippen MR) is 69.7 cm³/mol. The van der Waals surface area contributed by atoms with E-state index in [1.807, 2.05) is 6.92 Å². The standard InChI is InChI=1S/C13H25NO4/c1-3-5-6-9-14(10-8-12(15)16)11(7-4-2)13(17)18/h11H,3-10H2,1-2H3,(H,15,16)(H,17,18). The van der Waals surface area contributed by atoms with Gasteiger partial charge in [0.2, 0.25) is 0 Å². The smallest absolute Gasteiger partial charge is 0.320 e. The van der Waals surface area contributed by atoms with Crippen molar-refractivity contribution in [1.29, 1.82) is 0 Å². The van der Waals surface area contributed by atoms with E-state index in [4.69, 9.17) is 5.11 Å². The van der Waals surface area contributed by atoms with Crippen molar-refractivity contribution in [1.82, 2.24) is 4.90 Å². The number of unbranched alkanes of at least 4 members (excludes halogenated alkanes) is 2. The van der Waals surface area contributed by atoms with Crippen LogP contribution in [-0.2, 0) is 9.59 Å². The Morgan fingerprint density at radius 3 is 2.17 bits per heavy atom. The Morgan fingerprint density at radius 1 is 1.06 bits per heavy atom. The van der Waals surface area contributed by atoms with Crippen molar-refractivity contribution in [2.75, 3.05) is 13.1 Å². The fourth-order valence-electron chi connectivity index (χ4n) is 1.96. The molecule has 0 rings (SSSR count). The van der Waals surface area contributed by atoms with Crippen molar-refractivity contribution in [2.24, 2.45) is 0 Å². The van der Waals surface area contributed by atoms with Gasteiger partial charge in [0.25, 0.3) is 0 Å². The van der Waals surface area contributed by atoms with E-state index in [1.165, 1.54) is 0 Å². The lowest BCUT2D eigenvalue weighted by molar-refractivity contribution is -0.145. The second-order valence-corrected chi connectivity index (χ2v) is 4.53. The van der Waals surface area contributed by atoms with Crippen LogP contribution in [0.2, 0.25) is 0 Å². The van der Waals surface area contributed by atoms with Crippen LogP contribution in [0.4, 0.5) is 0 Å². The largest absolute Gasteiger partial charge is 0.481 e. The summed E-state index contributed by atoms with van der Waals surface area (Å²) in [5.41, 5.74) is 0. The number of aliphatic carboxylic acids is 2. The maximum atomic E-state index is 11.2. The molecule has 5 nitrogen and oxygen atoms in total. The highest BCUT2D eigenvalue weighted by Crippen LogP contribution is 2.11. The molecule has 1 unspecified atom stereocenters. The summed E-state index contributed by atoms with van der Waals surface area (Å²) in [6.45, 7) is 5.01. The van der Waals surface area contributed by atoms with Gasteiger partial charge in [-0.25, -0.2) is 0 Å². The Bertz CT molecular complexity index is 255. The van der Waals surface area contributed by atoms with E-state index >= 15 is 0 Å². The van der Waals surface area contributed by atoms with Gasteiger partial charge in [0, 0.05) is 6.54 Å². The Morgan fingerprint density at radius 2 is 1.72 bits per heavy atom. The van der Waals surface area contributed by atoms with Crippen molar-refractivity contribution >= 4 is 11.9 Å². The van der Waals surface area contributed by atoms with Gasteiger partial charge >= 0.3 is 11.9 Å². The maximum absolute atomic E-state index is 11.2. The second kappa shape index (κ2) is 9.88. The minimum atomic E-state index is -0.879. The fourth-order valence-corrected chi connectivity index (χ4v) is 1.96. The molecule has 106 valence electrons. The number of hydrogen-bond acceptors (Lipinski definition) is 3. The van der Waals surface area contributed by atoms with E-state index in [0.29, 0.717) is 19.5 Å². The zero-order valence-corrected chi connectivity index (χ0v) is 11.4. The molecule has 0 aromatic rings. The summed E-state index contributed by atoms with van der Waals surface area (Å²) < 4.78 is 0. The van der Waals surface area contributed by atoms with Crippen LogP contribution in [0.25, 0.3) is 0 Å². The SMILES string of the molecule is CCCCCN(CCC(=O)O)C(CCC)C(=O)O. The molecule has 0 bridgehead atoms. The number of hydrogen-bond donors (Lipinski definition) is 2. The number of nitrogens with zero attached hydrogens (tertiary/aromatic N) is 1. The van der Waals surface area contributed by atoms with E-state index in [9.17, 15) is 14.7 Å². The molecule has 0 aromatic carbocycles. The molecule has 0 saturated heterocycles. The predicted octanol–water partition coefficient (Wildman–Crippen LogP) is 2.21. The van der Waals surface area contributed by atoms with Crippen LogP contribution in [0.5, 0.6) is 0 Å². The Hall–Kier alpha value is -1.10. The van der Waals surface area contributed by atoms with Gasteiger partial charge in [-0.05, 0) is 19.4 Å². The first-order valence-corrected chi connectivity index (χ1v) is 6.71. The maximum Gasteiger partial charge on any atom is 0.320 e. The van der Waals surface area contributed by atoms with E-state index < -0.39 is 18.0 Å². The third-order valence-corrected chi connectivity index (χ3v) is 2.95. The van der Waals surface area contributed by atoms with Crippen molar-refractivity contribution in [3.63, 3.8) is 0 Å². The molecule has 0 aliphatic heterocycles. The highest BCUT2D eigenvalue weighted by atomic mass is 16.4. The molecule has 0 aromatic heterocycles. The van der Waals surface area contributed by atoms with Gasteiger partial charge in [-0.3, -0.25) is 14.5 Å². The zero-order valence-electron chi connectivity index (χ0n) is 11.4. The summed E-state index contributed by atoms with van der Waals surface area (Å²) in [7, 11) is 0. The van der Waals surface area contributed by atoms with Crippen LogP contribution < -0.4 is 0 Å². The van der Waals surface area contributed by atoms with Gasteiger partial charge in [-0.2, -0.15) is 0 Å². The number of carbonyl (C=O) groups is 2. The molecule has 0 saturated carbocycles. The molecule has 0 aliphatic carbocycles. The van der Waals surface area contributed by atoms with Gasteiger partial charge < -0.3 is 10.2 Å². The summed E-state index contributed by atoms with van der Waals surface area (Å²) in [6, 6.07) is -0.550. The van der Waals surface area contributed by atoms with Crippen LogP contribution in [-0.4, -0.2) is 46.2 Å². The first-order chi connectivity index (χ1) is 8.52. The average Bonchev–Trinajstić information content (AvgIpc) is 2.30. The third kappa shape index (κ3) is 7.27. The fraction of sp³-hybridized carbons (Fsp3) is 0.846. The Balaban J connectivity index is 4.46. The molecule has 0 radical (unpaired) electrons. The van der Waals surface area contributed by atoms with Crippen molar-refractivity contribution in [2.45, 2.75) is 58.4 Å². The lowest BCUT2D eigenvalue weighted by Gasteiger charge is -2.28. The molecule has 18 heavy (non-hydrogen) atoms. The quantitative estimate of drug-likeness (QED) is 0.556. The number of rotatable bonds is 11. The summed E-state index contributed by atoms with van der Waals surface area (Å²) in [5.74, 6) is -1.73. The molecule has 0 amide bonds. The molecule has 0 aliphatic rings. The van der Waals surface area contributed by atoms with Gasteiger partial charge in [-0.1, -0.05) is 33.1 Å². The average molecular weight is 259 g/mol. The number of carboxylic acids is 2. The topological polar surface area (TPSA) is 77.8 Å². The lowest BCUT2D eigenvalue weighted by Crippen LogP contribution is -2.42. The van der Waals surface area contributed by atoms with E-state index in [0.717, 1.165) is 25.7 Å². The molecule has 2 N–H and O–H groups in total. The van der Waals surface area contributed by atoms with E-state index in [1.54, 1.807) is 4.90 Å². The molecule has 0 heterocycles. The van der Waals surface area contributed by atoms with Crippen LogP contribution in [0.15, 0.2) is 0 Å². The van der Waals surface area contributed by atoms with Gasteiger partial charge in [-0.15, -0.1) is 0 Å². The monoisotopic (exact) mass is 259 g/mol. The highest BCUT2D eigenvalue weighted by molar-refractivity contribution is 5.73. The Kier molecular flexibility index (Phi) is 9.28. The molecular formula is C13H25NO4. The summed E-state index contributed by atoms with van der Waals surface area (Å²) >= 11 is 0. The first-order valence-electron chi connectivity index (χ1n) is 6.71. The van der Waals surface area contributed by atoms with Crippen LogP contribution >= 0.6 is 0 Å². The van der Waals surface area contributed by atoms with Gasteiger partial charge in [0.05, 0.1) is 6.42 Å². The summed E-state index contributed by atoms with van der Waals surface area (Å²) in [6.07, 6.45) is 4.39. The van der Waals surface area contributed by atoms with Gasteiger partial charge in [0.15, 0.2) is 0 Å². The summed E-state index contributed by atoms with van der Waals surface area (Å²) in [5, 5.41) is 17.9. The lowest BCUT2D eigenvalue weighted by atomic mass is 10.1. The Labute approximate surface area is 109 Å². The molecule has 0 fully saturated rings. The molecule has 0 spiro atoms.